The lowest BCUT2D eigenvalue weighted by Gasteiger charge is -2.33. The second-order valence-electron chi connectivity index (χ2n) is 6.04. The van der Waals surface area contributed by atoms with Crippen molar-refractivity contribution >= 4 is 11.6 Å². The minimum absolute atomic E-state index is 0.195. The van der Waals surface area contributed by atoms with Crippen LogP contribution in [-0.4, -0.2) is 30.6 Å². The molecule has 1 aromatic rings. The Kier molecular flexibility index (Phi) is 5.82. The van der Waals surface area contributed by atoms with E-state index in [9.17, 15) is 4.39 Å². The maximum Gasteiger partial charge on any atom is 0.129 e. The van der Waals surface area contributed by atoms with Crippen LogP contribution in [0, 0.1) is 11.7 Å². The van der Waals surface area contributed by atoms with Crippen molar-refractivity contribution in [1.29, 1.82) is 0 Å². The zero-order chi connectivity index (χ0) is 14.5. The van der Waals surface area contributed by atoms with Gasteiger partial charge in [-0.2, -0.15) is 0 Å². The number of nitrogens with zero attached hydrogens (tertiary/aromatic N) is 1. The summed E-state index contributed by atoms with van der Waals surface area (Å²) in [5, 5.41) is 3.96. The molecule has 1 unspecified atom stereocenters. The van der Waals surface area contributed by atoms with E-state index in [-0.39, 0.29) is 5.82 Å². The fourth-order valence-corrected chi connectivity index (χ4v) is 2.91. The average molecular weight is 299 g/mol. The molecule has 0 spiro atoms. The Hall–Kier alpha value is -0.640. The standard InChI is InChI=1S/C16H24ClFN2/c1-12(2)19-9-13-4-3-7-20(10-13)11-14-5-6-15(17)8-16(14)18/h5-6,8,12-13,19H,3-4,7,9-11H2,1-2H3. The molecule has 112 valence electrons. The smallest absolute Gasteiger partial charge is 0.129 e. The number of likely N-dealkylation sites (tertiary alicyclic amines) is 1. The summed E-state index contributed by atoms with van der Waals surface area (Å²) in [6, 6.07) is 5.49. The van der Waals surface area contributed by atoms with Crippen molar-refractivity contribution in [3.8, 4) is 0 Å². The van der Waals surface area contributed by atoms with Crippen LogP contribution in [0.1, 0.15) is 32.3 Å². The second-order valence-corrected chi connectivity index (χ2v) is 6.48. The van der Waals surface area contributed by atoms with Crippen molar-refractivity contribution in [3.63, 3.8) is 0 Å². The maximum absolute atomic E-state index is 13.8. The molecule has 1 aliphatic heterocycles. The van der Waals surface area contributed by atoms with Gasteiger partial charge in [0.15, 0.2) is 0 Å². The van der Waals surface area contributed by atoms with Gasteiger partial charge in [-0.3, -0.25) is 4.90 Å². The molecule has 2 nitrogen and oxygen atoms in total. The number of halogens is 2. The van der Waals surface area contributed by atoms with Crippen LogP contribution in [0.25, 0.3) is 0 Å². The second kappa shape index (κ2) is 7.39. The summed E-state index contributed by atoms with van der Waals surface area (Å²) in [4.78, 5) is 2.35. The highest BCUT2D eigenvalue weighted by molar-refractivity contribution is 6.30. The number of rotatable bonds is 5. The Morgan fingerprint density at radius 1 is 1.45 bits per heavy atom. The lowest BCUT2D eigenvalue weighted by atomic mass is 9.97. The number of hydrogen-bond acceptors (Lipinski definition) is 2. The van der Waals surface area contributed by atoms with Gasteiger partial charge in [-0.15, -0.1) is 0 Å². The minimum atomic E-state index is -0.195. The summed E-state index contributed by atoms with van der Waals surface area (Å²) in [7, 11) is 0. The summed E-state index contributed by atoms with van der Waals surface area (Å²) < 4.78 is 13.8. The van der Waals surface area contributed by atoms with E-state index in [4.69, 9.17) is 11.6 Å². The Morgan fingerprint density at radius 2 is 2.25 bits per heavy atom. The molecule has 1 aliphatic rings. The highest BCUT2D eigenvalue weighted by Crippen LogP contribution is 2.21. The van der Waals surface area contributed by atoms with Gasteiger partial charge >= 0.3 is 0 Å². The van der Waals surface area contributed by atoms with Gasteiger partial charge in [0.25, 0.3) is 0 Å². The van der Waals surface area contributed by atoms with Crippen LogP contribution in [0.15, 0.2) is 18.2 Å². The molecular weight excluding hydrogens is 275 g/mol. The molecule has 1 N–H and O–H groups in total. The van der Waals surface area contributed by atoms with Gasteiger partial charge < -0.3 is 5.32 Å². The van der Waals surface area contributed by atoms with Crippen LogP contribution in [0.2, 0.25) is 5.02 Å². The molecule has 0 aliphatic carbocycles. The minimum Gasteiger partial charge on any atom is -0.314 e. The predicted molar refractivity (Wildman–Crippen MR) is 82.5 cm³/mol. The molecule has 2 rings (SSSR count). The number of piperidine rings is 1. The first-order valence-electron chi connectivity index (χ1n) is 7.44. The van der Waals surface area contributed by atoms with E-state index in [1.165, 1.54) is 18.9 Å². The van der Waals surface area contributed by atoms with E-state index in [0.717, 1.165) is 25.2 Å². The molecule has 20 heavy (non-hydrogen) atoms. The number of nitrogens with one attached hydrogen (secondary N) is 1. The zero-order valence-electron chi connectivity index (χ0n) is 12.3. The molecule has 1 saturated heterocycles. The summed E-state index contributed by atoms with van der Waals surface area (Å²) in [6.45, 7) is 8.17. The molecule has 1 heterocycles. The normalized spacial score (nSPS) is 20.6. The van der Waals surface area contributed by atoms with E-state index < -0.39 is 0 Å². The molecule has 1 fully saturated rings. The molecule has 0 amide bonds. The van der Waals surface area contributed by atoms with Gasteiger partial charge in [0.2, 0.25) is 0 Å². The maximum atomic E-state index is 13.8. The number of benzene rings is 1. The van der Waals surface area contributed by atoms with Gasteiger partial charge in [0.05, 0.1) is 0 Å². The van der Waals surface area contributed by atoms with Crippen molar-refractivity contribution < 1.29 is 4.39 Å². The van der Waals surface area contributed by atoms with Crippen molar-refractivity contribution in [2.75, 3.05) is 19.6 Å². The SMILES string of the molecule is CC(C)NCC1CCCN(Cc2ccc(Cl)cc2F)C1. The molecule has 4 heteroatoms. The first kappa shape index (κ1) is 15.7. The Balaban J connectivity index is 1.89. The van der Waals surface area contributed by atoms with E-state index in [0.29, 0.717) is 23.5 Å². The zero-order valence-corrected chi connectivity index (χ0v) is 13.1. The molecule has 0 radical (unpaired) electrons. The fourth-order valence-electron chi connectivity index (χ4n) is 2.75. The summed E-state index contributed by atoms with van der Waals surface area (Å²) in [6.07, 6.45) is 2.46. The van der Waals surface area contributed by atoms with Crippen LogP contribution < -0.4 is 5.32 Å². The van der Waals surface area contributed by atoms with Crippen molar-refractivity contribution in [1.82, 2.24) is 10.2 Å². The topological polar surface area (TPSA) is 15.3 Å². The molecule has 1 atom stereocenters. The van der Waals surface area contributed by atoms with Gasteiger partial charge in [0.1, 0.15) is 5.82 Å². The van der Waals surface area contributed by atoms with Crippen LogP contribution in [0.5, 0.6) is 0 Å². The molecule has 0 saturated carbocycles. The van der Waals surface area contributed by atoms with E-state index in [1.54, 1.807) is 12.1 Å². The molecule has 0 aromatic heterocycles. The fraction of sp³-hybridized carbons (Fsp3) is 0.625. The van der Waals surface area contributed by atoms with Crippen molar-refractivity contribution in [2.45, 2.75) is 39.3 Å². The summed E-state index contributed by atoms with van der Waals surface area (Å²) in [5.41, 5.74) is 0.742. The van der Waals surface area contributed by atoms with Crippen LogP contribution in [-0.2, 0) is 6.54 Å². The number of hydrogen-bond donors (Lipinski definition) is 1. The summed E-state index contributed by atoms with van der Waals surface area (Å²) >= 11 is 5.79. The summed E-state index contributed by atoms with van der Waals surface area (Å²) in [5.74, 6) is 0.474. The Morgan fingerprint density at radius 3 is 2.95 bits per heavy atom. The predicted octanol–water partition coefficient (Wildman–Crippen LogP) is 3.69. The highest BCUT2D eigenvalue weighted by atomic mass is 35.5. The van der Waals surface area contributed by atoms with Crippen LogP contribution >= 0.6 is 11.6 Å². The van der Waals surface area contributed by atoms with E-state index >= 15 is 0 Å². The van der Waals surface area contributed by atoms with Gasteiger partial charge in [-0.05, 0) is 44.0 Å². The third-order valence-electron chi connectivity index (χ3n) is 3.83. The highest BCUT2D eigenvalue weighted by Gasteiger charge is 2.20. The van der Waals surface area contributed by atoms with E-state index in [1.807, 2.05) is 0 Å². The largest absolute Gasteiger partial charge is 0.314 e. The molecular formula is C16H24ClFN2. The van der Waals surface area contributed by atoms with Crippen molar-refractivity contribution in [2.24, 2.45) is 5.92 Å². The van der Waals surface area contributed by atoms with Crippen LogP contribution in [0.4, 0.5) is 4.39 Å². The van der Waals surface area contributed by atoms with Crippen molar-refractivity contribution in [3.05, 3.63) is 34.6 Å². The molecule has 0 bridgehead atoms. The first-order valence-corrected chi connectivity index (χ1v) is 7.82. The molecule has 1 aromatic carbocycles. The Labute approximate surface area is 126 Å². The first-order chi connectivity index (χ1) is 9.54. The van der Waals surface area contributed by atoms with Gasteiger partial charge in [-0.1, -0.05) is 31.5 Å². The lowest BCUT2D eigenvalue weighted by molar-refractivity contribution is 0.162. The Bertz CT molecular complexity index is 436. The van der Waals surface area contributed by atoms with Gasteiger partial charge in [-0.25, -0.2) is 4.39 Å². The lowest BCUT2D eigenvalue weighted by Crippen LogP contribution is -2.40. The third kappa shape index (κ3) is 4.72. The van der Waals surface area contributed by atoms with Gasteiger partial charge in [0, 0.05) is 29.7 Å². The van der Waals surface area contributed by atoms with E-state index in [2.05, 4.69) is 24.1 Å². The van der Waals surface area contributed by atoms with Crippen LogP contribution in [0.3, 0.4) is 0 Å². The monoisotopic (exact) mass is 298 g/mol. The third-order valence-corrected chi connectivity index (χ3v) is 4.06. The average Bonchev–Trinajstić information content (AvgIpc) is 2.40. The quantitative estimate of drug-likeness (QED) is 0.892.